The second-order valence-electron chi connectivity index (χ2n) is 5.68. The molecule has 1 aliphatic carbocycles. The summed E-state index contributed by atoms with van der Waals surface area (Å²) in [5, 5.41) is 0. The molecular formula is C16H21BrO4S. The van der Waals surface area contributed by atoms with Crippen LogP contribution in [0.1, 0.15) is 49.7 Å². The van der Waals surface area contributed by atoms with E-state index in [-0.39, 0.29) is 11.7 Å². The fraction of sp³-hybridized carbons (Fsp3) is 0.562. The Balaban J connectivity index is 2.09. The van der Waals surface area contributed by atoms with Crippen molar-refractivity contribution in [3.63, 3.8) is 0 Å². The Morgan fingerprint density at radius 3 is 2.77 bits per heavy atom. The summed E-state index contributed by atoms with van der Waals surface area (Å²) < 4.78 is 27.9. The standard InChI is InChI=1S/C16H21BrO4S/c1-2-16(18)21-9-12-4-3-5-14(12)11-6-7-13(10-22(19)20)15(17)8-11/h6-8,12,14,22H,2-5,9-10H2,1H3. The Morgan fingerprint density at radius 1 is 1.36 bits per heavy atom. The van der Waals surface area contributed by atoms with E-state index in [9.17, 15) is 13.2 Å². The summed E-state index contributed by atoms with van der Waals surface area (Å²) in [5.41, 5.74) is 1.97. The molecule has 1 saturated carbocycles. The van der Waals surface area contributed by atoms with Crippen molar-refractivity contribution in [2.45, 2.75) is 44.3 Å². The smallest absolute Gasteiger partial charge is 0.305 e. The molecule has 0 aliphatic heterocycles. The van der Waals surface area contributed by atoms with Gasteiger partial charge in [-0.3, -0.25) is 4.79 Å². The average Bonchev–Trinajstić information content (AvgIpc) is 2.94. The third kappa shape index (κ3) is 4.56. The van der Waals surface area contributed by atoms with Gasteiger partial charge >= 0.3 is 5.97 Å². The normalized spacial score (nSPS) is 21.2. The van der Waals surface area contributed by atoms with Gasteiger partial charge in [-0.25, -0.2) is 8.42 Å². The fourth-order valence-corrected chi connectivity index (χ4v) is 4.35. The van der Waals surface area contributed by atoms with Gasteiger partial charge in [0.05, 0.1) is 12.4 Å². The van der Waals surface area contributed by atoms with Crippen LogP contribution < -0.4 is 0 Å². The highest BCUT2D eigenvalue weighted by atomic mass is 79.9. The van der Waals surface area contributed by atoms with E-state index in [1.807, 2.05) is 18.2 Å². The van der Waals surface area contributed by atoms with Gasteiger partial charge in [0, 0.05) is 10.9 Å². The minimum absolute atomic E-state index is 0.0540. The van der Waals surface area contributed by atoms with Crippen LogP contribution in [0, 0.1) is 5.92 Å². The number of ether oxygens (including phenoxy) is 1. The third-order valence-electron chi connectivity index (χ3n) is 4.21. The van der Waals surface area contributed by atoms with Gasteiger partial charge in [-0.05, 0) is 41.9 Å². The average molecular weight is 389 g/mol. The van der Waals surface area contributed by atoms with Crippen LogP contribution in [0.5, 0.6) is 0 Å². The SMILES string of the molecule is CCC(=O)OCC1CCCC1c1ccc(C[SH](=O)=O)c(Br)c1. The molecule has 22 heavy (non-hydrogen) atoms. The first-order chi connectivity index (χ1) is 10.5. The van der Waals surface area contributed by atoms with E-state index in [0.29, 0.717) is 24.9 Å². The molecule has 0 heterocycles. The molecule has 0 bridgehead atoms. The summed E-state index contributed by atoms with van der Waals surface area (Å²) in [6, 6.07) is 5.89. The maximum atomic E-state index is 11.3. The molecule has 0 saturated heterocycles. The number of carbonyl (C=O) groups is 1. The molecule has 2 unspecified atom stereocenters. The largest absolute Gasteiger partial charge is 0.465 e. The molecule has 1 fully saturated rings. The van der Waals surface area contributed by atoms with Gasteiger partial charge in [0.1, 0.15) is 10.7 Å². The van der Waals surface area contributed by atoms with E-state index in [0.717, 1.165) is 29.3 Å². The summed E-state index contributed by atoms with van der Waals surface area (Å²) in [6.07, 6.45) is 3.68. The highest BCUT2D eigenvalue weighted by molar-refractivity contribution is 9.10. The summed E-state index contributed by atoms with van der Waals surface area (Å²) >= 11 is 3.46. The minimum atomic E-state index is -2.42. The Morgan fingerprint density at radius 2 is 2.14 bits per heavy atom. The second kappa shape index (κ2) is 8.11. The number of carbonyl (C=O) groups excluding carboxylic acids is 1. The van der Waals surface area contributed by atoms with Crippen LogP contribution in [-0.4, -0.2) is 21.0 Å². The van der Waals surface area contributed by atoms with Crippen molar-refractivity contribution < 1.29 is 17.9 Å². The Hall–Kier alpha value is -0.880. The first-order valence-corrected chi connectivity index (χ1v) is 9.72. The van der Waals surface area contributed by atoms with E-state index in [1.165, 1.54) is 5.56 Å². The predicted octanol–water partition coefficient (Wildman–Crippen LogP) is 3.40. The molecule has 0 aromatic heterocycles. The van der Waals surface area contributed by atoms with Crippen LogP contribution in [0.15, 0.2) is 22.7 Å². The lowest BCUT2D eigenvalue weighted by Gasteiger charge is -2.20. The van der Waals surface area contributed by atoms with Crippen molar-refractivity contribution in [1.82, 2.24) is 0 Å². The van der Waals surface area contributed by atoms with Crippen molar-refractivity contribution in [2.24, 2.45) is 5.92 Å². The van der Waals surface area contributed by atoms with Crippen molar-refractivity contribution >= 4 is 32.6 Å². The molecule has 0 amide bonds. The molecule has 122 valence electrons. The molecular weight excluding hydrogens is 368 g/mol. The number of rotatable bonds is 6. The molecule has 1 aromatic rings. The van der Waals surface area contributed by atoms with Crippen molar-refractivity contribution in [1.29, 1.82) is 0 Å². The summed E-state index contributed by atoms with van der Waals surface area (Å²) in [6.45, 7) is 2.27. The zero-order chi connectivity index (χ0) is 16.1. The molecule has 2 atom stereocenters. The van der Waals surface area contributed by atoms with Crippen molar-refractivity contribution in [3.8, 4) is 0 Å². The van der Waals surface area contributed by atoms with Crippen LogP contribution in [0.25, 0.3) is 0 Å². The lowest BCUT2D eigenvalue weighted by Crippen LogP contribution is -2.16. The number of hydrogen-bond acceptors (Lipinski definition) is 4. The van der Waals surface area contributed by atoms with E-state index >= 15 is 0 Å². The predicted molar refractivity (Wildman–Crippen MR) is 89.5 cm³/mol. The highest BCUT2D eigenvalue weighted by Gasteiger charge is 2.29. The van der Waals surface area contributed by atoms with Gasteiger partial charge in [-0.15, -0.1) is 0 Å². The topological polar surface area (TPSA) is 60.4 Å². The number of esters is 1. The zero-order valence-corrected chi connectivity index (χ0v) is 15.1. The Bertz CT molecular complexity index is 604. The molecule has 4 nitrogen and oxygen atoms in total. The molecule has 1 aromatic carbocycles. The first kappa shape index (κ1) is 17.5. The van der Waals surface area contributed by atoms with E-state index in [2.05, 4.69) is 15.9 Å². The first-order valence-electron chi connectivity index (χ1n) is 7.57. The van der Waals surface area contributed by atoms with Crippen molar-refractivity contribution in [2.75, 3.05) is 6.61 Å². The molecule has 0 spiro atoms. The second-order valence-corrected chi connectivity index (χ2v) is 7.51. The molecule has 0 N–H and O–H groups in total. The van der Waals surface area contributed by atoms with Crippen LogP contribution in [0.3, 0.4) is 0 Å². The third-order valence-corrected chi connectivity index (χ3v) is 5.55. The summed E-state index contributed by atoms with van der Waals surface area (Å²) in [4.78, 5) is 11.3. The molecule has 6 heteroatoms. The number of hydrogen-bond donors (Lipinski definition) is 1. The summed E-state index contributed by atoms with van der Waals surface area (Å²) in [5.74, 6) is 0.625. The highest BCUT2D eigenvalue weighted by Crippen LogP contribution is 2.40. The summed E-state index contributed by atoms with van der Waals surface area (Å²) in [7, 11) is -2.42. The van der Waals surface area contributed by atoms with Gasteiger partial charge in [-0.1, -0.05) is 41.4 Å². The molecule has 0 radical (unpaired) electrons. The Labute approximate surface area is 141 Å². The number of halogens is 1. The van der Waals surface area contributed by atoms with E-state index in [1.54, 1.807) is 6.92 Å². The van der Waals surface area contributed by atoms with Crippen LogP contribution >= 0.6 is 15.9 Å². The molecule has 1 aliphatic rings. The lowest BCUT2D eigenvalue weighted by atomic mass is 9.89. The number of thiol groups is 1. The zero-order valence-electron chi connectivity index (χ0n) is 12.6. The van der Waals surface area contributed by atoms with E-state index < -0.39 is 10.7 Å². The maximum absolute atomic E-state index is 11.3. The van der Waals surface area contributed by atoms with Gasteiger partial charge in [0.15, 0.2) is 0 Å². The van der Waals surface area contributed by atoms with E-state index in [4.69, 9.17) is 4.74 Å². The molecule has 2 rings (SSSR count). The van der Waals surface area contributed by atoms with Gasteiger partial charge in [0.2, 0.25) is 0 Å². The fourth-order valence-electron chi connectivity index (χ4n) is 3.04. The van der Waals surface area contributed by atoms with Gasteiger partial charge in [0.25, 0.3) is 0 Å². The van der Waals surface area contributed by atoms with Crippen LogP contribution in [0.4, 0.5) is 0 Å². The van der Waals surface area contributed by atoms with Gasteiger partial charge < -0.3 is 4.74 Å². The van der Waals surface area contributed by atoms with Crippen LogP contribution in [-0.2, 0) is 26.0 Å². The minimum Gasteiger partial charge on any atom is -0.465 e. The van der Waals surface area contributed by atoms with Gasteiger partial charge in [-0.2, -0.15) is 0 Å². The van der Waals surface area contributed by atoms with Crippen LogP contribution in [0.2, 0.25) is 0 Å². The Kier molecular flexibility index (Phi) is 6.44. The van der Waals surface area contributed by atoms with Crippen molar-refractivity contribution in [3.05, 3.63) is 33.8 Å². The number of benzene rings is 1. The monoisotopic (exact) mass is 388 g/mol. The quantitative estimate of drug-likeness (QED) is 0.599. The lowest BCUT2D eigenvalue weighted by molar-refractivity contribution is -0.144. The maximum Gasteiger partial charge on any atom is 0.305 e.